The molecule has 1 aromatic carbocycles. The van der Waals surface area contributed by atoms with Crippen LogP contribution >= 0.6 is 11.8 Å². The molecule has 0 aromatic heterocycles. The molecule has 1 aromatic rings. The zero-order valence-corrected chi connectivity index (χ0v) is 15.6. The highest BCUT2D eigenvalue weighted by molar-refractivity contribution is 8.14. The van der Waals surface area contributed by atoms with Gasteiger partial charge in [0.25, 0.3) is 0 Å². The number of nitrogens with zero attached hydrogens (tertiary/aromatic N) is 2. The number of rotatable bonds is 4. The lowest BCUT2D eigenvalue weighted by atomic mass is 9.99. The fraction of sp³-hybridized carbons (Fsp3) is 0.500. The van der Waals surface area contributed by atoms with Gasteiger partial charge in [-0.2, -0.15) is 4.31 Å². The molecule has 2 aliphatic heterocycles. The lowest BCUT2D eigenvalue weighted by Crippen LogP contribution is -2.46. The topological polar surface area (TPSA) is 88.1 Å². The molecule has 7 nitrogen and oxygen atoms in total. The standard InChI is InChI=1S/C16H21N3O4S2/c1-23-13-4-6-14(7-5-13)25(21,22)19-9-2-3-12(11-19)15(20)18-16-17-8-10-24-16/h4-7,12H,2-3,8-11H2,1H3,(H,17,18,20)/t12-/m1/s1. The van der Waals surface area contributed by atoms with E-state index in [0.29, 0.717) is 36.8 Å². The number of methoxy groups -OCH3 is 1. The van der Waals surface area contributed by atoms with Crippen molar-refractivity contribution in [3.63, 3.8) is 0 Å². The van der Waals surface area contributed by atoms with Crippen molar-refractivity contribution in [3.05, 3.63) is 24.3 Å². The van der Waals surface area contributed by atoms with Gasteiger partial charge in [0.1, 0.15) is 5.75 Å². The predicted molar refractivity (Wildman–Crippen MR) is 97.4 cm³/mol. The molecule has 9 heteroatoms. The fourth-order valence-electron chi connectivity index (χ4n) is 2.89. The van der Waals surface area contributed by atoms with E-state index < -0.39 is 10.0 Å². The molecule has 0 radical (unpaired) electrons. The maximum atomic E-state index is 12.8. The van der Waals surface area contributed by atoms with Crippen molar-refractivity contribution in [2.75, 3.05) is 32.5 Å². The minimum Gasteiger partial charge on any atom is -0.497 e. The van der Waals surface area contributed by atoms with E-state index >= 15 is 0 Å². The molecule has 0 aliphatic carbocycles. The summed E-state index contributed by atoms with van der Waals surface area (Å²) in [5, 5.41) is 3.45. The van der Waals surface area contributed by atoms with Crippen molar-refractivity contribution in [1.29, 1.82) is 0 Å². The molecule has 3 rings (SSSR count). The number of thioether (sulfide) groups is 1. The lowest BCUT2D eigenvalue weighted by Gasteiger charge is -2.31. The van der Waals surface area contributed by atoms with Crippen molar-refractivity contribution < 1.29 is 17.9 Å². The Labute approximate surface area is 151 Å². The highest BCUT2D eigenvalue weighted by Crippen LogP contribution is 2.25. The third-order valence-electron chi connectivity index (χ3n) is 4.27. The molecule has 136 valence electrons. The summed E-state index contributed by atoms with van der Waals surface area (Å²) in [4.78, 5) is 16.8. The summed E-state index contributed by atoms with van der Waals surface area (Å²) in [5.41, 5.74) is 0. The Hall–Kier alpha value is -1.58. The summed E-state index contributed by atoms with van der Waals surface area (Å²) in [6, 6.07) is 6.30. The highest BCUT2D eigenvalue weighted by atomic mass is 32.2. The van der Waals surface area contributed by atoms with Crippen LogP contribution in [0.5, 0.6) is 5.75 Å². The Morgan fingerprint density at radius 3 is 2.76 bits per heavy atom. The molecule has 1 amide bonds. The summed E-state index contributed by atoms with van der Waals surface area (Å²) in [6.45, 7) is 1.33. The Balaban J connectivity index is 1.69. The SMILES string of the molecule is COc1ccc(S(=O)(=O)N2CCC[C@@H](C(=O)NC3=NCCS3)C2)cc1. The van der Waals surface area contributed by atoms with Crippen LogP contribution in [-0.4, -0.2) is 56.3 Å². The smallest absolute Gasteiger partial charge is 0.243 e. The number of carbonyl (C=O) groups excluding carboxylic acids is 1. The van der Waals surface area contributed by atoms with Gasteiger partial charge in [-0.1, -0.05) is 11.8 Å². The first-order valence-corrected chi connectivity index (χ1v) is 10.6. The molecule has 0 unspecified atom stereocenters. The normalized spacial score (nSPS) is 21.6. The number of benzene rings is 1. The first-order valence-electron chi connectivity index (χ1n) is 8.13. The van der Waals surface area contributed by atoms with Crippen molar-refractivity contribution in [2.45, 2.75) is 17.7 Å². The van der Waals surface area contributed by atoms with Crippen LogP contribution in [0.15, 0.2) is 34.2 Å². The Morgan fingerprint density at radius 1 is 1.36 bits per heavy atom. The van der Waals surface area contributed by atoms with Crippen molar-refractivity contribution in [2.24, 2.45) is 10.9 Å². The van der Waals surface area contributed by atoms with Gasteiger partial charge in [0.2, 0.25) is 15.9 Å². The van der Waals surface area contributed by atoms with Gasteiger partial charge in [-0.3, -0.25) is 9.79 Å². The monoisotopic (exact) mass is 383 g/mol. The molecule has 0 spiro atoms. The van der Waals surface area contributed by atoms with E-state index in [0.717, 1.165) is 5.75 Å². The Bertz CT molecular complexity index is 762. The third-order valence-corrected chi connectivity index (χ3v) is 7.04. The molecule has 1 saturated heterocycles. The molecular formula is C16H21N3O4S2. The summed E-state index contributed by atoms with van der Waals surface area (Å²) in [6.07, 6.45) is 1.34. The molecule has 1 atom stereocenters. The number of ether oxygens (including phenoxy) is 1. The largest absolute Gasteiger partial charge is 0.497 e. The van der Waals surface area contributed by atoms with Crippen LogP contribution in [0, 0.1) is 5.92 Å². The van der Waals surface area contributed by atoms with Crippen LogP contribution in [0.2, 0.25) is 0 Å². The molecular weight excluding hydrogens is 362 g/mol. The molecule has 1 fully saturated rings. The quantitative estimate of drug-likeness (QED) is 0.847. The number of amides is 1. The predicted octanol–water partition coefficient (Wildman–Crippen LogP) is 1.31. The maximum Gasteiger partial charge on any atom is 0.243 e. The number of hydrogen-bond donors (Lipinski definition) is 1. The zero-order valence-electron chi connectivity index (χ0n) is 14.0. The van der Waals surface area contributed by atoms with Gasteiger partial charge in [0, 0.05) is 18.8 Å². The van der Waals surface area contributed by atoms with E-state index in [4.69, 9.17) is 4.74 Å². The average Bonchev–Trinajstić information content (AvgIpc) is 3.15. The number of aliphatic imine (C=N–C) groups is 1. The first-order chi connectivity index (χ1) is 12.0. The molecule has 25 heavy (non-hydrogen) atoms. The van der Waals surface area contributed by atoms with Gasteiger partial charge < -0.3 is 10.1 Å². The lowest BCUT2D eigenvalue weighted by molar-refractivity contribution is -0.124. The van der Waals surface area contributed by atoms with Gasteiger partial charge in [-0.15, -0.1) is 0 Å². The van der Waals surface area contributed by atoms with E-state index in [-0.39, 0.29) is 23.3 Å². The van der Waals surface area contributed by atoms with Gasteiger partial charge in [0.05, 0.1) is 24.5 Å². The van der Waals surface area contributed by atoms with E-state index in [9.17, 15) is 13.2 Å². The van der Waals surface area contributed by atoms with Gasteiger partial charge in [-0.05, 0) is 37.1 Å². The minimum atomic E-state index is -3.62. The van der Waals surface area contributed by atoms with Crippen LogP contribution in [0.4, 0.5) is 0 Å². The van der Waals surface area contributed by atoms with Crippen molar-refractivity contribution >= 4 is 32.9 Å². The summed E-state index contributed by atoms with van der Waals surface area (Å²) in [5.74, 6) is 0.969. The second kappa shape index (κ2) is 7.76. The number of hydrogen-bond acceptors (Lipinski definition) is 6. The van der Waals surface area contributed by atoms with Crippen molar-refractivity contribution in [1.82, 2.24) is 9.62 Å². The van der Waals surface area contributed by atoms with Crippen LogP contribution < -0.4 is 10.1 Å². The van der Waals surface area contributed by atoms with Crippen molar-refractivity contribution in [3.8, 4) is 5.75 Å². The number of amidine groups is 1. The number of sulfonamides is 1. The fourth-order valence-corrected chi connectivity index (χ4v) is 5.14. The van der Waals surface area contributed by atoms with Crippen LogP contribution in [0.3, 0.4) is 0 Å². The molecule has 2 heterocycles. The average molecular weight is 383 g/mol. The number of carbonyl (C=O) groups is 1. The summed E-state index contributed by atoms with van der Waals surface area (Å²) >= 11 is 1.52. The summed E-state index contributed by atoms with van der Waals surface area (Å²) in [7, 11) is -2.09. The second-order valence-electron chi connectivity index (χ2n) is 5.90. The minimum absolute atomic E-state index is 0.150. The van der Waals surface area contributed by atoms with E-state index in [2.05, 4.69) is 10.3 Å². The van der Waals surface area contributed by atoms with Crippen LogP contribution in [0.25, 0.3) is 0 Å². The van der Waals surface area contributed by atoms with E-state index in [1.165, 1.54) is 35.3 Å². The second-order valence-corrected chi connectivity index (χ2v) is 8.92. The maximum absolute atomic E-state index is 12.8. The molecule has 0 bridgehead atoms. The Morgan fingerprint density at radius 2 is 2.12 bits per heavy atom. The number of piperidine rings is 1. The van der Waals surface area contributed by atoms with Gasteiger partial charge in [0.15, 0.2) is 5.17 Å². The van der Waals surface area contributed by atoms with Gasteiger partial charge >= 0.3 is 0 Å². The molecule has 1 N–H and O–H groups in total. The highest BCUT2D eigenvalue weighted by Gasteiger charge is 2.33. The first kappa shape index (κ1) is 18.2. The van der Waals surface area contributed by atoms with Gasteiger partial charge in [-0.25, -0.2) is 8.42 Å². The molecule has 2 aliphatic rings. The third kappa shape index (κ3) is 4.16. The zero-order chi connectivity index (χ0) is 17.9. The molecule has 0 saturated carbocycles. The number of nitrogens with one attached hydrogen (secondary N) is 1. The Kier molecular flexibility index (Phi) is 5.65. The van der Waals surface area contributed by atoms with Crippen LogP contribution in [0.1, 0.15) is 12.8 Å². The van der Waals surface area contributed by atoms with Crippen LogP contribution in [-0.2, 0) is 14.8 Å². The van der Waals surface area contributed by atoms with E-state index in [1.54, 1.807) is 12.1 Å². The van der Waals surface area contributed by atoms with E-state index in [1.807, 2.05) is 0 Å². The summed E-state index contributed by atoms with van der Waals surface area (Å²) < 4.78 is 32.1.